The number of nitroso groups, excluding NO2 is 1. The van der Waals surface area contributed by atoms with Crippen molar-refractivity contribution < 1.29 is 9.90 Å². The molecule has 0 saturated heterocycles. The predicted octanol–water partition coefficient (Wildman–Crippen LogP) is 3.49. The van der Waals surface area contributed by atoms with E-state index in [1.807, 2.05) is 0 Å². The van der Waals surface area contributed by atoms with Gasteiger partial charge in [-0.2, -0.15) is 0 Å². The number of hydrogen-bond donors (Lipinski definition) is 2. The second kappa shape index (κ2) is 5.65. The second-order valence-corrected chi connectivity index (χ2v) is 3.95. The third-order valence-corrected chi connectivity index (χ3v) is 2.38. The van der Waals surface area contributed by atoms with Crippen LogP contribution in [0.4, 0.5) is 5.69 Å². The molecule has 1 aromatic carbocycles. The molecule has 0 aromatic heterocycles. The molecule has 17 heavy (non-hydrogen) atoms. The molecule has 0 bridgehead atoms. The maximum atomic E-state index is 11.5. The first-order valence-electron chi connectivity index (χ1n) is 4.45. The monoisotopic (exact) mass is 274 g/mol. The van der Waals surface area contributed by atoms with Gasteiger partial charge in [0, 0.05) is 5.02 Å². The molecule has 0 spiro atoms. The van der Waals surface area contributed by atoms with Crippen LogP contribution in [0.2, 0.25) is 10.0 Å². The lowest BCUT2D eigenvalue weighted by Crippen LogP contribution is -2.14. The summed E-state index contributed by atoms with van der Waals surface area (Å²) in [7, 11) is 0. The fraction of sp³-hybridized carbons (Fsp3) is 0.100. The van der Waals surface area contributed by atoms with E-state index in [9.17, 15) is 9.70 Å². The lowest BCUT2D eigenvalue weighted by Gasteiger charge is -2.06. The minimum Gasteiger partial charge on any atom is -0.510 e. The maximum Gasteiger partial charge on any atom is 0.281 e. The van der Waals surface area contributed by atoms with Gasteiger partial charge in [0.25, 0.3) is 5.91 Å². The number of nitrogens with one attached hydrogen (secondary N) is 1. The molecule has 0 aliphatic heterocycles. The molecule has 0 aliphatic rings. The van der Waals surface area contributed by atoms with Crippen LogP contribution in [0.15, 0.2) is 34.8 Å². The Morgan fingerprint density at radius 2 is 2.06 bits per heavy atom. The normalized spacial score (nSPS) is 11.7. The van der Waals surface area contributed by atoms with Gasteiger partial charge < -0.3 is 10.4 Å². The van der Waals surface area contributed by atoms with Gasteiger partial charge >= 0.3 is 0 Å². The van der Waals surface area contributed by atoms with Crippen molar-refractivity contribution in [3.05, 3.63) is 44.6 Å². The highest BCUT2D eigenvalue weighted by Crippen LogP contribution is 2.25. The SMILES string of the molecule is C/C(O)=C(/N=O)C(=O)Nc1ccc(Cl)cc1Cl. The highest BCUT2D eigenvalue weighted by Gasteiger charge is 2.15. The molecule has 5 nitrogen and oxygen atoms in total. The van der Waals surface area contributed by atoms with Crippen LogP contribution in [-0.2, 0) is 4.79 Å². The summed E-state index contributed by atoms with van der Waals surface area (Å²) >= 11 is 11.5. The van der Waals surface area contributed by atoms with Gasteiger partial charge in [-0.1, -0.05) is 23.2 Å². The molecule has 0 unspecified atom stereocenters. The molecule has 1 rings (SSSR count). The van der Waals surface area contributed by atoms with Gasteiger partial charge in [0.05, 0.1) is 10.7 Å². The molecule has 0 atom stereocenters. The number of halogens is 2. The Morgan fingerprint density at radius 3 is 2.53 bits per heavy atom. The van der Waals surface area contributed by atoms with Crippen molar-refractivity contribution in [1.29, 1.82) is 0 Å². The number of anilines is 1. The average molecular weight is 275 g/mol. The molecule has 1 amide bonds. The van der Waals surface area contributed by atoms with E-state index in [1.165, 1.54) is 25.1 Å². The zero-order valence-electron chi connectivity index (χ0n) is 8.70. The number of amides is 1. The van der Waals surface area contributed by atoms with Gasteiger partial charge in [-0.05, 0) is 30.3 Å². The van der Waals surface area contributed by atoms with Gasteiger partial charge in [-0.15, -0.1) is 4.91 Å². The number of rotatable bonds is 3. The van der Waals surface area contributed by atoms with Gasteiger partial charge in [-0.3, -0.25) is 4.79 Å². The standard InChI is InChI=1S/C10H8Cl2N2O3/c1-5(15)9(14-17)10(16)13-8-3-2-6(11)4-7(8)12/h2-4,15H,1H3,(H,13,16)/b9-5-. The summed E-state index contributed by atoms with van der Waals surface area (Å²) in [5, 5.41) is 14.4. The summed E-state index contributed by atoms with van der Waals surface area (Å²) in [5.41, 5.74) is -0.334. The Hall–Kier alpha value is -1.59. The number of carbonyl (C=O) groups is 1. The number of aliphatic hydroxyl groups excluding tert-OH is 1. The van der Waals surface area contributed by atoms with Crippen LogP contribution in [0.1, 0.15) is 6.92 Å². The summed E-state index contributed by atoms with van der Waals surface area (Å²) in [5.74, 6) is -1.31. The number of carbonyl (C=O) groups excluding carboxylic acids is 1. The minimum atomic E-state index is -0.843. The van der Waals surface area contributed by atoms with Crippen molar-refractivity contribution in [2.75, 3.05) is 5.32 Å². The van der Waals surface area contributed by atoms with Gasteiger partial charge in [-0.25, -0.2) is 0 Å². The van der Waals surface area contributed by atoms with Crippen molar-refractivity contribution in [2.24, 2.45) is 5.18 Å². The highest BCUT2D eigenvalue weighted by molar-refractivity contribution is 6.36. The third kappa shape index (κ3) is 3.44. The Labute approximate surface area is 107 Å². The number of aliphatic hydroxyl groups is 1. The lowest BCUT2D eigenvalue weighted by molar-refractivity contribution is -0.113. The maximum absolute atomic E-state index is 11.5. The predicted molar refractivity (Wildman–Crippen MR) is 66.2 cm³/mol. The molecule has 90 valence electrons. The summed E-state index contributed by atoms with van der Waals surface area (Å²) in [6.07, 6.45) is 0. The first-order valence-corrected chi connectivity index (χ1v) is 5.21. The minimum absolute atomic E-state index is 0.215. The molecular weight excluding hydrogens is 267 g/mol. The molecule has 7 heteroatoms. The summed E-state index contributed by atoms with van der Waals surface area (Å²) < 4.78 is 0. The summed E-state index contributed by atoms with van der Waals surface area (Å²) in [4.78, 5) is 21.8. The molecule has 0 heterocycles. The number of nitrogens with zero attached hydrogens (tertiary/aromatic N) is 1. The van der Waals surface area contributed by atoms with E-state index in [0.29, 0.717) is 5.02 Å². The Morgan fingerprint density at radius 1 is 1.41 bits per heavy atom. The first kappa shape index (κ1) is 13.5. The largest absolute Gasteiger partial charge is 0.510 e. The molecule has 0 fully saturated rings. The number of benzene rings is 1. The van der Waals surface area contributed by atoms with Crippen LogP contribution in [0, 0.1) is 4.91 Å². The van der Waals surface area contributed by atoms with Crippen molar-refractivity contribution in [2.45, 2.75) is 6.92 Å². The van der Waals surface area contributed by atoms with E-state index in [4.69, 9.17) is 28.3 Å². The van der Waals surface area contributed by atoms with Crippen LogP contribution in [-0.4, -0.2) is 11.0 Å². The zero-order chi connectivity index (χ0) is 13.0. The highest BCUT2D eigenvalue weighted by atomic mass is 35.5. The fourth-order valence-corrected chi connectivity index (χ4v) is 1.50. The van der Waals surface area contributed by atoms with Gasteiger partial charge in [0.2, 0.25) is 5.70 Å². The molecule has 0 aliphatic carbocycles. The second-order valence-electron chi connectivity index (χ2n) is 3.10. The molecule has 0 radical (unpaired) electrons. The lowest BCUT2D eigenvalue weighted by atomic mass is 10.3. The topological polar surface area (TPSA) is 78.8 Å². The van der Waals surface area contributed by atoms with Crippen LogP contribution in [0.25, 0.3) is 0 Å². The van der Waals surface area contributed by atoms with E-state index in [1.54, 1.807) is 0 Å². The Bertz CT molecular complexity index is 496. The molecule has 0 saturated carbocycles. The van der Waals surface area contributed by atoms with E-state index >= 15 is 0 Å². The van der Waals surface area contributed by atoms with E-state index in [0.717, 1.165) is 0 Å². The van der Waals surface area contributed by atoms with Crippen molar-refractivity contribution >= 4 is 34.8 Å². The van der Waals surface area contributed by atoms with Crippen LogP contribution < -0.4 is 5.32 Å². The number of allylic oxidation sites excluding steroid dienone is 1. The molecule has 1 aromatic rings. The quantitative estimate of drug-likeness (QED) is 0.503. The number of hydrogen-bond acceptors (Lipinski definition) is 4. The van der Waals surface area contributed by atoms with Crippen LogP contribution >= 0.6 is 23.2 Å². The van der Waals surface area contributed by atoms with Crippen molar-refractivity contribution in [3.8, 4) is 0 Å². The zero-order valence-corrected chi connectivity index (χ0v) is 10.2. The van der Waals surface area contributed by atoms with Gasteiger partial charge in [0.1, 0.15) is 5.76 Å². The Kier molecular flexibility index (Phi) is 4.48. The van der Waals surface area contributed by atoms with Crippen LogP contribution in [0.3, 0.4) is 0 Å². The summed E-state index contributed by atoms with van der Waals surface area (Å²) in [6, 6.07) is 4.42. The molecule has 2 N–H and O–H groups in total. The Balaban J connectivity index is 2.96. The molecular formula is C10H8Cl2N2O3. The van der Waals surface area contributed by atoms with E-state index in [-0.39, 0.29) is 10.7 Å². The fourth-order valence-electron chi connectivity index (χ4n) is 1.04. The summed E-state index contributed by atoms with van der Waals surface area (Å²) in [6.45, 7) is 1.18. The van der Waals surface area contributed by atoms with Gasteiger partial charge in [0.15, 0.2) is 0 Å². The first-order chi connectivity index (χ1) is 7.95. The van der Waals surface area contributed by atoms with Crippen LogP contribution in [0.5, 0.6) is 0 Å². The smallest absolute Gasteiger partial charge is 0.281 e. The van der Waals surface area contributed by atoms with E-state index < -0.39 is 17.4 Å². The van der Waals surface area contributed by atoms with E-state index in [2.05, 4.69) is 10.5 Å². The van der Waals surface area contributed by atoms with Crippen molar-refractivity contribution in [1.82, 2.24) is 0 Å². The average Bonchev–Trinajstić information content (AvgIpc) is 2.22. The van der Waals surface area contributed by atoms with Crippen molar-refractivity contribution in [3.63, 3.8) is 0 Å². The third-order valence-electron chi connectivity index (χ3n) is 1.83.